The van der Waals surface area contributed by atoms with Gasteiger partial charge in [-0.15, -0.1) is 0 Å². The van der Waals surface area contributed by atoms with Gasteiger partial charge in [-0.25, -0.2) is 0 Å². The van der Waals surface area contributed by atoms with Crippen molar-refractivity contribution in [2.24, 2.45) is 11.8 Å². The summed E-state index contributed by atoms with van der Waals surface area (Å²) in [5.74, 6) is -1.29. The molecule has 0 heterocycles. The molecule has 0 radical (unpaired) electrons. The predicted octanol–water partition coefficient (Wildman–Crippen LogP) is 11.4. The fourth-order valence-electron chi connectivity index (χ4n) is 9.79. The Hall–Kier alpha value is -4.62. The minimum atomic E-state index is -0.353. The topological polar surface area (TPSA) is 176 Å². The number of nitrogens with one attached hydrogen (secondary N) is 2. The number of carbonyl (C=O) groups is 2. The highest BCUT2D eigenvalue weighted by Crippen LogP contribution is 2.50. The molecule has 2 aliphatic carbocycles. The Balaban J connectivity index is 1.09. The van der Waals surface area contributed by atoms with Gasteiger partial charge >= 0.3 is 0 Å². The molecule has 0 bridgehead atoms. The number of phenols is 4. The SMILES string of the molecule is C=C(C)C1CCC(C)=CC1c1c(O)cc(CCCCC)c(C(=O)NCCCCOCCOCCOCCOCCCNC(=O)c2c(CCCCC)cc(O)c(C3C=C(C)CCC3C(=C)C)c2O)c1O. The van der Waals surface area contributed by atoms with E-state index >= 15 is 0 Å². The Morgan fingerprint density at radius 1 is 0.565 bits per heavy atom. The first-order chi connectivity index (χ1) is 33.2. The normalized spacial score (nSPS) is 18.1. The maximum absolute atomic E-state index is 13.6. The van der Waals surface area contributed by atoms with E-state index in [0.717, 1.165) is 81.8 Å². The Bertz CT molecular complexity index is 1910. The van der Waals surface area contributed by atoms with E-state index in [0.29, 0.717) is 114 Å². The quantitative estimate of drug-likeness (QED) is 0.0306. The molecule has 4 atom stereocenters. The smallest absolute Gasteiger partial charge is 0.255 e. The summed E-state index contributed by atoms with van der Waals surface area (Å²) in [5.41, 5.74) is 7.00. The molecular weight excluding hydrogens is 873 g/mol. The monoisotopic (exact) mass is 959 g/mol. The number of benzene rings is 2. The maximum atomic E-state index is 13.6. The first kappa shape index (κ1) is 57.0. The Labute approximate surface area is 413 Å². The number of unbranched alkanes of at least 4 members (excludes halogenated alkanes) is 5. The molecular formula is C57H86N2O10. The third kappa shape index (κ3) is 17.3. The van der Waals surface area contributed by atoms with Crippen molar-refractivity contribution in [3.63, 3.8) is 0 Å². The molecule has 12 heteroatoms. The summed E-state index contributed by atoms with van der Waals surface area (Å²) in [5, 5.41) is 51.7. The first-order valence-electron chi connectivity index (χ1n) is 25.9. The van der Waals surface area contributed by atoms with Crippen molar-refractivity contribution in [3.8, 4) is 23.0 Å². The summed E-state index contributed by atoms with van der Waals surface area (Å²) in [4.78, 5) is 27.2. The lowest BCUT2D eigenvalue weighted by atomic mass is 9.73. The van der Waals surface area contributed by atoms with Crippen LogP contribution in [0, 0.1) is 11.8 Å². The molecule has 4 unspecified atom stereocenters. The Morgan fingerprint density at radius 3 is 1.33 bits per heavy atom. The number of aromatic hydroxyl groups is 4. The fourth-order valence-corrected chi connectivity index (χ4v) is 9.79. The van der Waals surface area contributed by atoms with Gasteiger partial charge < -0.3 is 50.0 Å². The van der Waals surface area contributed by atoms with Crippen molar-refractivity contribution in [2.75, 3.05) is 65.9 Å². The standard InChI is InChI=1S/C57H86N2O10/c1-9-11-13-18-42-36-48(60)52(46-34-40(7)20-22-44(46)38(3)4)54(62)50(42)56(64)58-24-15-16-26-66-28-30-68-32-33-69-31-29-67-27-17-25-59-57(65)51-43(19-14-12-10-2)37-49(61)53(55(51)63)47-35-41(8)21-23-45(47)39(5)6/h34-37,44-47,60-63H,3,5,9-33H2,1-2,4,6-8H3,(H,58,64)(H,59,65). The third-order valence-electron chi connectivity index (χ3n) is 13.6. The zero-order chi connectivity index (χ0) is 50.3. The molecule has 0 saturated heterocycles. The number of hydrogen-bond donors (Lipinski definition) is 6. The summed E-state index contributed by atoms with van der Waals surface area (Å²) in [6, 6.07) is 3.35. The van der Waals surface area contributed by atoms with Gasteiger partial charge in [-0.2, -0.15) is 0 Å². The highest BCUT2D eigenvalue weighted by Gasteiger charge is 2.35. The van der Waals surface area contributed by atoms with Gasteiger partial charge in [-0.1, -0.05) is 87.1 Å². The molecule has 2 aromatic rings. The van der Waals surface area contributed by atoms with Gasteiger partial charge in [0.25, 0.3) is 11.8 Å². The second-order valence-corrected chi connectivity index (χ2v) is 19.4. The van der Waals surface area contributed by atoms with E-state index in [-0.39, 0.29) is 69.6 Å². The lowest BCUT2D eigenvalue weighted by Gasteiger charge is -2.32. The molecule has 12 nitrogen and oxygen atoms in total. The van der Waals surface area contributed by atoms with Gasteiger partial charge in [0.2, 0.25) is 0 Å². The van der Waals surface area contributed by atoms with Crippen LogP contribution in [0.3, 0.4) is 0 Å². The number of carbonyl (C=O) groups excluding carboxylic acids is 2. The van der Waals surface area contributed by atoms with Crippen LogP contribution in [-0.4, -0.2) is 98.2 Å². The Kier molecular flexibility index (Phi) is 24.9. The van der Waals surface area contributed by atoms with Crippen LogP contribution in [0.2, 0.25) is 0 Å². The van der Waals surface area contributed by atoms with Crippen LogP contribution in [0.4, 0.5) is 0 Å². The number of allylic oxidation sites excluding steroid dienone is 6. The highest BCUT2D eigenvalue weighted by molar-refractivity contribution is 6.00. The largest absolute Gasteiger partial charge is 0.507 e. The minimum absolute atomic E-state index is 0.0230. The van der Waals surface area contributed by atoms with E-state index < -0.39 is 0 Å². The van der Waals surface area contributed by atoms with Gasteiger partial charge in [-0.05, 0) is 133 Å². The highest BCUT2D eigenvalue weighted by atomic mass is 16.6. The summed E-state index contributed by atoms with van der Waals surface area (Å²) < 4.78 is 22.7. The number of rotatable bonds is 32. The van der Waals surface area contributed by atoms with Crippen LogP contribution in [0.25, 0.3) is 0 Å². The lowest BCUT2D eigenvalue weighted by molar-refractivity contribution is -0.00225. The third-order valence-corrected chi connectivity index (χ3v) is 13.6. The average Bonchev–Trinajstić information content (AvgIpc) is 3.29. The molecule has 0 aliphatic heterocycles. The zero-order valence-electron chi connectivity index (χ0n) is 42.9. The molecule has 2 aliphatic rings. The molecule has 4 rings (SSSR count). The number of phenolic OH excluding ortho intramolecular Hbond substituents is 4. The van der Waals surface area contributed by atoms with Crippen molar-refractivity contribution >= 4 is 11.8 Å². The Morgan fingerprint density at radius 2 is 0.942 bits per heavy atom. The van der Waals surface area contributed by atoms with Crippen molar-refractivity contribution in [1.82, 2.24) is 10.6 Å². The number of amides is 2. The van der Waals surface area contributed by atoms with Gasteiger partial charge in [0.1, 0.15) is 23.0 Å². The summed E-state index contributed by atoms with van der Waals surface area (Å²) >= 11 is 0. The molecule has 2 amide bonds. The first-order valence-corrected chi connectivity index (χ1v) is 25.9. The number of hydrogen-bond acceptors (Lipinski definition) is 10. The van der Waals surface area contributed by atoms with Crippen LogP contribution in [-0.2, 0) is 31.8 Å². The van der Waals surface area contributed by atoms with E-state index in [9.17, 15) is 30.0 Å². The van der Waals surface area contributed by atoms with Crippen LogP contribution < -0.4 is 10.6 Å². The van der Waals surface area contributed by atoms with Gasteiger partial charge in [-0.3, -0.25) is 9.59 Å². The molecule has 69 heavy (non-hydrogen) atoms. The maximum Gasteiger partial charge on any atom is 0.255 e. The van der Waals surface area contributed by atoms with Crippen molar-refractivity contribution in [2.45, 2.75) is 150 Å². The number of ether oxygens (including phenoxy) is 4. The van der Waals surface area contributed by atoms with Gasteiger partial charge in [0.05, 0.1) is 50.8 Å². The summed E-state index contributed by atoms with van der Waals surface area (Å²) in [6.45, 7) is 25.0. The summed E-state index contributed by atoms with van der Waals surface area (Å²) in [7, 11) is 0. The fraction of sp³-hybridized carbons (Fsp3) is 0.614. The molecule has 0 spiro atoms. The second-order valence-electron chi connectivity index (χ2n) is 19.4. The lowest BCUT2D eigenvalue weighted by Crippen LogP contribution is -2.27. The second kappa shape index (κ2) is 30.2. The van der Waals surface area contributed by atoms with Crippen molar-refractivity contribution < 1.29 is 49.0 Å². The molecule has 0 fully saturated rings. The molecule has 6 N–H and O–H groups in total. The van der Waals surface area contributed by atoms with E-state index in [1.165, 1.54) is 11.1 Å². The summed E-state index contributed by atoms with van der Waals surface area (Å²) in [6.07, 6.45) is 16.8. The van der Waals surface area contributed by atoms with Crippen molar-refractivity contribution in [3.05, 3.63) is 93.1 Å². The van der Waals surface area contributed by atoms with Crippen molar-refractivity contribution in [1.29, 1.82) is 0 Å². The predicted molar refractivity (Wildman–Crippen MR) is 276 cm³/mol. The van der Waals surface area contributed by atoms with Crippen LogP contribution in [0.15, 0.2) is 59.7 Å². The van der Waals surface area contributed by atoms with E-state index in [1.54, 1.807) is 12.1 Å². The van der Waals surface area contributed by atoms with Crippen LogP contribution >= 0.6 is 0 Å². The minimum Gasteiger partial charge on any atom is -0.507 e. The molecule has 384 valence electrons. The van der Waals surface area contributed by atoms with E-state index in [1.807, 2.05) is 13.8 Å². The van der Waals surface area contributed by atoms with E-state index in [2.05, 4.69) is 63.6 Å². The molecule has 0 aromatic heterocycles. The number of aryl methyl sites for hydroxylation is 2. The zero-order valence-corrected chi connectivity index (χ0v) is 42.9. The van der Waals surface area contributed by atoms with E-state index in [4.69, 9.17) is 18.9 Å². The average molecular weight is 959 g/mol. The molecule has 0 saturated carbocycles. The van der Waals surface area contributed by atoms with Crippen LogP contribution in [0.1, 0.15) is 180 Å². The molecule has 2 aromatic carbocycles. The van der Waals surface area contributed by atoms with Gasteiger partial charge in [0, 0.05) is 49.3 Å². The van der Waals surface area contributed by atoms with Gasteiger partial charge in [0.15, 0.2) is 0 Å². The van der Waals surface area contributed by atoms with Crippen LogP contribution in [0.5, 0.6) is 23.0 Å².